The van der Waals surface area contributed by atoms with Gasteiger partial charge in [-0.25, -0.2) is 14.3 Å². The number of nitrogens with zero attached hydrogens (tertiary/aromatic N) is 8. The third-order valence-corrected chi connectivity index (χ3v) is 8.68. The Balaban J connectivity index is 1.29. The van der Waals surface area contributed by atoms with Gasteiger partial charge in [-0.05, 0) is 54.8 Å². The number of hydrogen-bond acceptors (Lipinski definition) is 7. The molecular weight excluding hydrogens is 640 g/mol. The molecule has 14 heteroatoms. The first-order valence-corrected chi connectivity index (χ1v) is 15.6. The molecule has 0 spiro atoms. The molecule has 48 heavy (non-hydrogen) atoms. The number of halogens is 3. The van der Waals surface area contributed by atoms with Gasteiger partial charge in [0.05, 0.1) is 47.5 Å². The zero-order valence-electron chi connectivity index (χ0n) is 25.5. The van der Waals surface area contributed by atoms with Crippen molar-refractivity contribution < 1.29 is 13.6 Å². The van der Waals surface area contributed by atoms with Crippen LogP contribution in [0, 0.1) is 5.92 Å². The van der Waals surface area contributed by atoms with Crippen LogP contribution < -0.4 is 10.9 Å². The van der Waals surface area contributed by atoms with E-state index >= 15 is 0 Å². The molecule has 0 aliphatic carbocycles. The van der Waals surface area contributed by atoms with Crippen LogP contribution in [0.4, 0.5) is 14.5 Å². The molecule has 1 aliphatic rings. The fourth-order valence-electron chi connectivity index (χ4n) is 5.99. The maximum Gasteiger partial charge on any atom is 0.333 e. The van der Waals surface area contributed by atoms with Gasteiger partial charge in [-0.2, -0.15) is 13.9 Å². The summed E-state index contributed by atoms with van der Waals surface area (Å²) in [6.07, 6.45) is 9.48. The minimum Gasteiger partial charge on any atom is -0.323 e. The van der Waals surface area contributed by atoms with Crippen LogP contribution in [0.2, 0.25) is 5.02 Å². The molecule has 4 aromatic heterocycles. The number of benzene rings is 2. The van der Waals surface area contributed by atoms with E-state index < -0.39 is 18.5 Å². The second-order valence-electron chi connectivity index (χ2n) is 11.6. The zero-order chi connectivity index (χ0) is 33.4. The molecular formula is C34H28ClF2N9O2. The lowest BCUT2D eigenvalue weighted by Gasteiger charge is -2.23. The number of pyridine rings is 1. The Morgan fingerprint density at radius 3 is 2.62 bits per heavy atom. The van der Waals surface area contributed by atoms with Crippen LogP contribution in [0.15, 0.2) is 96.6 Å². The van der Waals surface area contributed by atoms with Gasteiger partial charge in [-0.15, -0.1) is 5.10 Å². The predicted molar refractivity (Wildman–Crippen MR) is 176 cm³/mol. The van der Waals surface area contributed by atoms with Gasteiger partial charge in [-0.3, -0.25) is 19.1 Å². The van der Waals surface area contributed by atoms with E-state index in [9.17, 15) is 18.4 Å². The SMILES string of the molecule is CC1CCCC(n2cnc(-c3cc(Cl)ccc3-n3cc(-c4cccnc4)nn3)cc2=O)c2cccc(c2)-c2c(cnn2C(F)F)NC1=O. The van der Waals surface area contributed by atoms with Gasteiger partial charge in [-0.1, -0.05) is 48.4 Å². The first-order chi connectivity index (χ1) is 23.3. The van der Waals surface area contributed by atoms with Crippen LogP contribution >= 0.6 is 11.6 Å². The van der Waals surface area contributed by atoms with Crippen molar-refractivity contribution in [3.63, 3.8) is 0 Å². The third-order valence-electron chi connectivity index (χ3n) is 8.45. The molecule has 0 fully saturated rings. The highest BCUT2D eigenvalue weighted by molar-refractivity contribution is 6.31. The van der Waals surface area contributed by atoms with Crippen molar-refractivity contribution in [2.24, 2.45) is 5.92 Å². The summed E-state index contributed by atoms with van der Waals surface area (Å²) in [6, 6.07) is 16.9. The van der Waals surface area contributed by atoms with Crippen molar-refractivity contribution >= 4 is 23.2 Å². The second kappa shape index (κ2) is 12.9. The fourth-order valence-corrected chi connectivity index (χ4v) is 6.16. The molecule has 2 atom stereocenters. The van der Waals surface area contributed by atoms with E-state index in [0.717, 1.165) is 11.1 Å². The lowest BCUT2D eigenvalue weighted by atomic mass is 9.94. The van der Waals surface area contributed by atoms with Crippen molar-refractivity contribution in [1.82, 2.24) is 39.3 Å². The molecule has 1 aliphatic heterocycles. The van der Waals surface area contributed by atoms with E-state index in [1.165, 1.54) is 23.2 Å². The molecule has 0 radical (unpaired) electrons. The van der Waals surface area contributed by atoms with Crippen LogP contribution in [-0.2, 0) is 4.79 Å². The van der Waals surface area contributed by atoms with Crippen molar-refractivity contribution in [2.75, 3.05) is 5.32 Å². The molecule has 242 valence electrons. The molecule has 0 saturated heterocycles. The Morgan fingerprint density at radius 1 is 0.979 bits per heavy atom. The Labute approximate surface area is 277 Å². The summed E-state index contributed by atoms with van der Waals surface area (Å²) in [7, 11) is 0. The summed E-state index contributed by atoms with van der Waals surface area (Å²) < 4.78 is 31.7. The smallest absolute Gasteiger partial charge is 0.323 e. The highest BCUT2D eigenvalue weighted by Crippen LogP contribution is 2.36. The van der Waals surface area contributed by atoms with Crippen LogP contribution in [0.5, 0.6) is 0 Å². The van der Waals surface area contributed by atoms with E-state index in [1.807, 2.05) is 18.2 Å². The van der Waals surface area contributed by atoms with E-state index in [2.05, 4.69) is 25.7 Å². The van der Waals surface area contributed by atoms with Crippen LogP contribution in [0.3, 0.4) is 0 Å². The number of hydrogen-bond donors (Lipinski definition) is 1. The average molecular weight is 668 g/mol. The van der Waals surface area contributed by atoms with Crippen molar-refractivity contribution in [2.45, 2.75) is 38.8 Å². The van der Waals surface area contributed by atoms with Gasteiger partial charge in [0.2, 0.25) is 5.91 Å². The highest BCUT2D eigenvalue weighted by Gasteiger charge is 2.25. The number of amides is 1. The molecule has 1 amide bonds. The average Bonchev–Trinajstić information content (AvgIpc) is 3.75. The number of carbonyl (C=O) groups excluding carboxylic acids is 1. The molecule has 2 aromatic carbocycles. The fraction of sp³-hybridized carbons (Fsp3) is 0.206. The van der Waals surface area contributed by atoms with Gasteiger partial charge in [0.25, 0.3) is 5.56 Å². The zero-order valence-corrected chi connectivity index (χ0v) is 26.3. The first-order valence-electron chi connectivity index (χ1n) is 15.2. The van der Waals surface area contributed by atoms with Crippen LogP contribution in [0.25, 0.3) is 39.5 Å². The Hall–Kier alpha value is -5.56. The lowest BCUT2D eigenvalue weighted by Crippen LogP contribution is -2.26. The first kappa shape index (κ1) is 31.1. The predicted octanol–water partition coefficient (Wildman–Crippen LogP) is 6.81. The number of anilines is 1. The van der Waals surface area contributed by atoms with Gasteiger partial charge in [0, 0.05) is 46.1 Å². The van der Waals surface area contributed by atoms with Gasteiger partial charge >= 0.3 is 6.55 Å². The highest BCUT2D eigenvalue weighted by atomic mass is 35.5. The van der Waals surface area contributed by atoms with Crippen LogP contribution in [0.1, 0.15) is 44.3 Å². The Bertz CT molecular complexity index is 2180. The van der Waals surface area contributed by atoms with Crippen molar-refractivity contribution in [3.05, 3.63) is 113 Å². The number of alkyl halides is 2. The Kier molecular flexibility index (Phi) is 8.36. The molecule has 0 saturated carbocycles. The van der Waals surface area contributed by atoms with Crippen molar-refractivity contribution in [1.29, 1.82) is 0 Å². The number of fused-ring (bicyclic) bond motifs is 4. The summed E-state index contributed by atoms with van der Waals surface area (Å²) in [4.78, 5) is 35.7. The second-order valence-corrected chi connectivity index (χ2v) is 12.0. The molecule has 1 N–H and O–H groups in total. The molecule has 5 heterocycles. The summed E-state index contributed by atoms with van der Waals surface area (Å²) in [5.41, 5.74) is 4.09. The molecule has 2 bridgehead atoms. The minimum absolute atomic E-state index is 0.0841. The molecule has 2 unspecified atom stereocenters. The summed E-state index contributed by atoms with van der Waals surface area (Å²) >= 11 is 6.41. The number of rotatable bonds is 5. The third kappa shape index (κ3) is 5.99. The summed E-state index contributed by atoms with van der Waals surface area (Å²) in [5.74, 6) is -0.695. The number of nitrogens with one attached hydrogen (secondary N) is 1. The van der Waals surface area contributed by atoms with Gasteiger partial charge < -0.3 is 5.32 Å². The minimum atomic E-state index is -2.93. The molecule has 7 rings (SSSR count). The van der Waals surface area contributed by atoms with Gasteiger partial charge in [0.1, 0.15) is 5.69 Å². The molecule has 11 nitrogen and oxygen atoms in total. The maximum absolute atomic E-state index is 14.0. The van der Waals surface area contributed by atoms with E-state index in [-0.39, 0.29) is 22.8 Å². The topological polar surface area (TPSA) is 125 Å². The normalized spacial score (nSPS) is 16.6. The quantitative estimate of drug-likeness (QED) is 0.214. The van der Waals surface area contributed by atoms with Gasteiger partial charge in [0.15, 0.2) is 0 Å². The van der Waals surface area contributed by atoms with E-state index in [4.69, 9.17) is 16.6 Å². The number of carbonyl (C=O) groups is 1. The maximum atomic E-state index is 14.0. The summed E-state index contributed by atoms with van der Waals surface area (Å²) in [5, 5.41) is 15.7. The standard InChI is InChI=1S/C34H28ClF2N9O2/c1-20-5-2-9-29(21-6-3-7-22(13-21)32-27(41-33(20)48)17-40-46(32)34(36)37)44-19-39-26(15-31(44)47)25-14-24(35)10-11-30(25)45-18-28(42-43-45)23-8-4-12-38-16-23/h3-4,6-8,10-20,29,34H,2,5,9H2,1H3,(H,41,48). The Morgan fingerprint density at radius 2 is 1.83 bits per heavy atom. The van der Waals surface area contributed by atoms with E-state index in [1.54, 1.807) is 66.6 Å². The molecule has 6 aromatic rings. The largest absolute Gasteiger partial charge is 0.333 e. The van der Waals surface area contributed by atoms with Crippen LogP contribution in [-0.4, -0.2) is 45.2 Å². The lowest BCUT2D eigenvalue weighted by molar-refractivity contribution is -0.119. The summed E-state index contributed by atoms with van der Waals surface area (Å²) in [6.45, 7) is -1.14. The van der Waals surface area contributed by atoms with Crippen molar-refractivity contribution in [3.8, 4) is 39.5 Å². The van der Waals surface area contributed by atoms with E-state index in [0.29, 0.717) is 57.2 Å². The monoisotopic (exact) mass is 667 g/mol. The number of aromatic nitrogens is 8.